The smallest absolute Gasteiger partial charge is 0.303 e. The summed E-state index contributed by atoms with van der Waals surface area (Å²) in [4.78, 5) is 33.8. The summed E-state index contributed by atoms with van der Waals surface area (Å²) < 4.78 is 10.6. The van der Waals surface area contributed by atoms with Crippen LogP contribution >= 0.6 is 0 Å². The van der Waals surface area contributed by atoms with Crippen molar-refractivity contribution in [2.24, 2.45) is 0 Å². The van der Waals surface area contributed by atoms with Crippen LogP contribution in [0.4, 0.5) is 5.69 Å². The normalized spacial score (nSPS) is 11.3. The molecule has 0 spiro atoms. The molecule has 1 unspecified atom stereocenters. The molecule has 2 aromatic carbocycles. The molecule has 0 radical (unpaired) electrons. The Labute approximate surface area is 156 Å². The SMILES string of the molecule is CC(=O)OC(C(=O)NCCCOc1cccc([N+](=O)[O-])c1)c1ccccc1. The van der Waals surface area contributed by atoms with E-state index in [2.05, 4.69) is 5.32 Å². The van der Waals surface area contributed by atoms with E-state index in [0.29, 0.717) is 24.3 Å². The third-order valence-electron chi connectivity index (χ3n) is 3.54. The molecule has 2 aromatic rings. The van der Waals surface area contributed by atoms with Crippen LogP contribution in [-0.2, 0) is 14.3 Å². The van der Waals surface area contributed by atoms with E-state index < -0.39 is 22.9 Å². The number of carbonyl (C=O) groups excluding carboxylic acids is 2. The summed E-state index contributed by atoms with van der Waals surface area (Å²) in [5.74, 6) is -0.586. The van der Waals surface area contributed by atoms with Gasteiger partial charge in [0.15, 0.2) is 0 Å². The van der Waals surface area contributed by atoms with Crippen LogP contribution < -0.4 is 10.1 Å². The Bertz CT molecular complexity index is 794. The fourth-order valence-electron chi connectivity index (χ4n) is 2.32. The molecule has 0 fully saturated rings. The van der Waals surface area contributed by atoms with Crippen molar-refractivity contribution in [3.63, 3.8) is 0 Å². The summed E-state index contributed by atoms with van der Waals surface area (Å²) in [6.45, 7) is 1.82. The van der Waals surface area contributed by atoms with E-state index in [4.69, 9.17) is 9.47 Å². The largest absolute Gasteiger partial charge is 0.493 e. The van der Waals surface area contributed by atoms with Crippen molar-refractivity contribution < 1.29 is 24.0 Å². The Morgan fingerprint density at radius 1 is 1.15 bits per heavy atom. The average Bonchev–Trinajstić information content (AvgIpc) is 2.66. The second-order valence-electron chi connectivity index (χ2n) is 5.65. The number of ether oxygens (including phenoxy) is 2. The lowest BCUT2D eigenvalue weighted by Gasteiger charge is -2.17. The van der Waals surface area contributed by atoms with Crippen LogP contribution in [-0.4, -0.2) is 30.0 Å². The number of rotatable bonds is 9. The van der Waals surface area contributed by atoms with E-state index in [1.807, 2.05) is 0 Å². The summed E-state index contributed by atoms with van der Waals surface area (Å²) in [6, 6.07) is 14.6. The minimum Gasteiger partial charge on any atom is -0.493 e. The number of nitrogens with one attached hydrogen (secondary N) is 1. The number of benzene rings is 2. The molecule has 27 heavy (non-hydrogen) atoms. The van der Waals surface area contributed by atoms with Gasteiger partial charge < -0.3 is 14.8 Å². The molecule has 8 heteroatoms. The first-order valence-corrected chi connectivity index (χ1v) is 8.34. The van der Waals surface area contributed by atoms with Crippen molar-refractivity contribution in [1.82, 2.24) is 5.32 Å². The predicted octanol–water partition coefficient (Wildman–Crippen LogP) is 2.78. The van der Waals surface area contributed by atoms with Gasteiger partial charge in [-0.3, -0.25) is 19.7 Å². The first-order valence-electron chi connectivity index (χ1n) is 8.34. The lowest BCUT2D eigenvalue weighted by Crippen LogP contribution is -2.33. The number of nitrogens with zero attached hydrogens (tertiary/aromatic N) is 1. The molecular formula is C19H20N2O6. The van der Waals surface area contributed by atoms with Crippen LogP contribution in [0.15, 0.2) is 54.6 Å². The number of carbonyl (C=O) groups is 2. The molecule has 0 aromatic heterocycles. The van der Waals surface area contributed by atoms with Gasteiger partial charge in [0.1, 0.15) is 5.75 Å². The molecule has 142 valence electrons. The summed E-state index contributed by atoms with van der Waals surface area (Å²) in [5.41, 5.74) is 0.533. The lowest BCUT2D eigenvalue weighted by atomic mass is 10.1. The number of hydrogen-bond donors (Lipinski definition) is 1. The van der Waals surface area contributed by atoms with E-state index in [1.165, 1.54) is 19.1 Å². The van der Waals surface area contributed by atoms with Crippen molar-refractivity contribution in [3.05, 3.63) is 70.3 Å². The van der Waals surface area contributed by atoms with Crippen molar-refractivity contribution in [3.8, 4) is 5.75 Å². The van der Waals surface area contributed by atoms with E-state index in [1.54, 1.807) is 42.5 Å². The third kappa shape index (κ3) is 6.43. The molecule has 1 amide bonds. The molecule has 0 aliphatic heterocycles. The number of amides is 1. The van der Waals surface area contributed by atoms with Crippen molar-refractivity contribution in [2.45, 2.75) is 19.4 Å². The highest BCUT2D eigenvalue weighted by atomic mass is 16.6. The minimum atomic E-state index is -1.01. The van der Waals surface area contributed by atoms with Gasteiger partial charge in [0.2, 0.25) is 6.10 Å². The lowest BCUT2D eigenvalue weighted by molar-refractivity contribution is -0.384. The minimum absolute atomic E-state index is 0.0483. The summed E-state index contributed by atoms with van der Waals surface area (Å²) in [5, 5.41) is 13.4. The fraction of sp³-hybridized carbons (Fsp3) is 0.263. The maximum absolute atomic E-state index is 12.3. The summed E-state index contributed by atoms with van der Waals surface area (Å²) in [6.07, 6.45) is -0.530. The quantitative estimate of drug-likeness (QED) is 0.314. The molecule has 0 bridgehead atoms. The zero-order valence-electron chi connectivity index (χ0n) is 14.8. The molecule has 1 N–H and O–H groups in total. The maximum atomic E-state index is 12.3. The number of nitro benzene ring substituents is 1. The first kappa shape index (κ1) is 19.9. The molecule has 2 rings (SSSR count). The highest BCUT2D eigenvalue weighted by molar-refractivity contribution is 5.84. The van der Waals surface area contributed by atoms with Gasteiger partial charge in [-0.2, -0.15) is 0 Å². The third-order valence-corrected chi connectivity index (χ3v) is 3.54. The van der Waals surface area contributed by atoms with E-state index in [9.17, 15) is 19.7 Å². The Balaban J connectivity index is 1.81. The van der Waals surface area contributed by atoms with Gasteiger partial charge in [-0.15, -0.1) is 0 Å². The highest BCUT2D eigenvalue weighted by Gasteiger charge is 2.23. The van der Waals surface area contributed by atoms with Gasteiger partial charge in [0.05, 0.1) is 17.6 Å². The molecule has 0 saturated heterocycles. The van der Waals surface area contributed by atoms with Crippen LogP contribution in [0.3, 0.4) is 0 Å². The van der Waals surface area contributed by atoms with Crippen molar-refractivity contribution >= 4 is 17.6 Å². The Morgan fingerprint density at radius 3 is 2.56 bits per heavy atom. The Hall–Kier alpha value is -3.42. The number of nitro groups is 1. The van der Waals surface area contributed by atoms with E-state index in [-0.39, 0.29) is 12.3 Å². The molecule has 1 atom stereocenters. The molecule has 0 heterocycles. The molecule has 0 aliphatic carbocycles. The maximum Gasteiger partial charge on any atom is 0.303 e. The van der Waals surface area contributed by atoms with Gasteiger partial charge in [-0.25, -0.2) is 0 Å². The van der Waals surface area contributed by atoms with Crippen LogP contribution in [0, 0.1) is 10.1 Å². The van der Waals surface area contributed by atoms with Gasteiger partial charge in [0, 0.05) is 25.1 Å². The van der Waals surface area contributed by atoms with Crippen LogP contribution in [0.2, 0.25) is 0 Å². The zero-order chi connectivity index (χ0) is 19.6. The number of hydrogen-bond acceptors (Lipinski definition) is 6. The van der Waals surface area contributed by atoms with Gasteiger partial charge in [0.25, 0.3) is 11.6 Å². The Morgan fingerprint density at radius 2 is 1.89 bits per heavy atom. The van der Waals surface area contributed by atoms with Gasteiger partial charge >= 0.3 is 5.97 Å². The van der Waals surface area contributed by atoms with E-state index in [0.717, 1.165) is 0 Å². The highest BCUT2D eigenvalue weighted by Crippen LogP contribution is 2.19. The topological polar surface area (TPSA) is 108 Å². The first-order chi connectivity index (χ1) is 13.0. The predicted molar refractivity (Wildman–Crippen MR) is 97.2 cm³/mol. The zero-order valence-corrected chi connectivity index (χ0v) is 14.8. The summed E-state index contributed by atoms with van der Waals surface area (Å²) >= 11 is 0. The van der Waals surface area contributed by atoms with E-state index >= 15 is 0 Å². The van der Waals surface area contributed by atoms with Crippen molar-refractivity contribution in [2.75, 3.05) is 13.2 Å². The average molecular weight is 372 g/mol. The Kier molecular flexibility index (Phi) is 7.30. The number of non-ortho nitro benzene ring substituents is 1. The van der Waals surface area contributed by atoms with Crippen LogP contribution in [0.1, 0.15) is 25.0 Å². The second-order valence-corrected chi connectivity index (χ2v) is 5.65. The number of esters is 1. The second kappa shape index (κ2) is 9.91. The molecule has 8 nitrogen and oxygen atoms in total. The summed E-state index contributed by atoms with van der Waals surface area (Å²) in [7, 11) is 0. The van der Waals surface area contributed by atoms with Gasteiger partial charge in [-0.05, 0) is 12.5 Å². The molecule has 0 aliphatic rings. The van der Waals surface area contributed by atoms with Crippen LogP contribution in [0.25, 0.3) is 0 Å². The van der Waals surface area contributed by atoms with Crippen LogP contribution in [0.5, 0.6) is 5.75 Å². The molecular weight excluding hydrogens is 352 g/mol. The molecule has 0 saturated carbocycles. The van der Waals surface area contributed by atoms with Gasteiger partial charge in [-0.1, -0.05) is 36.4 Å². The fourth-order valence-corrected chi connectivity index (χ4v) is 2.32. The van der Waals surface area contributed by atoms with Crippen molar-refractivity contribution in [1.29, 1.82) is 0 Å². The monoisotopic (exact) mass is 372 g/mol. The standard InChI is InChI=1S/C19H20N2O6/c1-14(22)27-18(15-7-3-2-4-8-15)19(23)20-11-6-12-26-17-10-5-9-16(13-17)21(24)25/h2-5,7-10,13,18H,6,11-12H2,1H3,(H,20,23).